The lowest BCUT2D eigenvalue weighted by Crippen LogP contribution is -2.35. The quantitative estimate of drug-likeness (QED) is 0.577. The zero-order valence-electron chi connectivity index (χ0n) is 13.4. The minimum atomic E-state index is -1.01. The van der Waals surface area contributed by atoms with Gasteiger partial charge in [-0.2, -0.15) is 0 Å². The van der Waals surface area contributed by atoms with Gasteiger partial charge in [-0.25, -0.2) is 0 Å². The molecule has 0 spiro atoms. The molecule has 0 bridgehead atoms. The average Bonchev–Trinajstić information content (AvgIpc) is 3.28. The highest BCUT2D eigenvalue weighted by molar-refractivity contribution is 8.20. The van der Waals surface area contributed by atoms with Crippen molar-refractivity contribution in [2.24, 2.45) is 5.92 Å². The Morgan fingerprint density at radius 1 is 1.08 bits per heavy atom. The monoisotopic (exact) mass is 370 g/mol. The van der Waals surface area contributed by atoms with Crippen LogP contribution >= 0.6 is 23.5 Å². The number of fused-ring (bicyclic) bond motifs is 1. The fourth-order valence-corrected chi connectivity index (χ4v) is 6.09. The zero-order chi connectivity index (χ0) is 17.1. The molecular formula is C16H18O6S2. The molecule has 0 radical (unpaired) electrons. The first kappa shape index (κ1) is 17.3. The molecule has 2 aliphatic rings. The summed E-state index contributed by atoms with van der Waals surface area (Å²) in [5, 5.41) is 0. The number of benzene rings is 1. The molecule has 0 amide bonds. The van der Waals surface area contributed by atoms with Crippen molar-refractivity contribution < 1.29 is 28.5 Å². The van der Waals surface area contributed by atoms with Gasteiger partial charge in [-0.3, -0.25) is 9.59 Å². The Bertz CT molecular complexity index is 613. The fourth-order valence-electron chi connectivity index (χ4n) is 2.85. The molecule has 1 aromatic rings. The van der Waals surface area contributed by atoms with E-state index in [-0.39, 0.29) is 17.3 Å². The molecule has 8 heteroatoms. The Labute approximate surface area is 148 Å². The average molecular weight is 370 g/mol. The lowest BCUT2D eigenvalue weighted by molar-refractivity contribution is -0.159. The summed E-state index contributed by atoms with van der Waals surface area (Å²) in [6.07, 6.45) is 0. The Morgan fingerprint density at radius 3 is 2.33 bits per heavy atom. The number of carbonyl (C=O) groups excluding carboxylic acids is 2. The standard InChI is InChI=1S/C16H18O6S2/c1-19-14(17)13(15(18)20-2)12(16-23-5-6-24-16)9-3-4-10-11(7-9)22-8-21-10/h3-4,7,12-13,16H,5-6,8H2,1-2H3/t12-/m1/s1. The first-order chi connectivity index (χ1) is 11.7. The SMILES string of the molecule is COC(=O)C(C(=O)OC)[C@@H](c1ccc2c(c1)OCO2)C1SCCS1. The van der Waals surface area contributed by atoms with Gasteiger partial charge in [0, 0.05) is 17.4 Å². The van der Waals surface area contributed by atoms with Crippen LogP contribution in [0.15, 0.2) is 18.2 Å². The Balaban J connectivity index is 2.01. The molecule has 0 unspecified atom stereocenters. The topological polar surface area (TPSA) is 71.1 Å². The van der Waals surface area contributed by atoms with E-state index < -0.39 is 17.9 Å². The molecule has 0 saturated carbocycles. The van der Waals surface area contributed by atoms with Crippen molar-refractivity contribution in [1.82, 2.24) is 0 Å². The molecule has 1 saturated heterocycles. The van der Waals surface area contributed by atoms with Gasteiger partial charge >= 0.3 is 11.9 Å². The molecule has 0 N–H and O–H groups in total. The maximum Gasteiger partial charge on any atom is 0.320 e. The first-order valence-corrected chi connectivity index (χ1v) is 9.54. The summed E-state index contributed by atoms with van der Waals surface area (Å²) in [4.78, 5) is 24.6. The van der Waals surface area contributed by atoms with Crippen LogP contribution in [-0.2, 0) is 19.1 Å². The molecule has 2 aliphatic heterocycles. The van der Waals surface area contributed by atoms with Gasteiger partial charge < -0.3 is 18.9 Å². The van der Waals surface area contributed by atoms with E-state index in [1.807, 2.05) is 12.1 Å². The van der Waals surface area contributed by atoms with Crippen LogP contribution in [0.2, 0.25) is 0 Å². The van der Waals surface area contributed by atoms with E-state index in [2.05, 4.69) is 0 Å². The van der Waals surface area contributed by atoms with Crippen molar-refractivity contribution in [1.29, 1.82) is 0 Å². The molecule has 3 rings (SSSR count). The Kier molecular flexibility index (Phi) is 5.45. The van der Waals surface area contributed by atoms with Crippen molar-refractivity contribution in [2.75, 3.05) is 32.5 Å². The van der Waals surface area contributed by atoms with E-state index in [0.29, 0.717) is 11.5 Å². The highest BCUT2D eigenvalue weighted by atomic mass is 32.2. The predicted molar refractivity (Wildman–Crippen MR) is 91.5 cm³/mol. The van der Waals surface area contributed by atoms with Gasteiger partial charge in [0.25, 0.3) is 0 Å². The van der Waals surface area contributed by atoms with Crippen LogP contribution in [0.3, 0.4) is 0 Å². The summed E-state index contributed by atoms with van der Waals surface area (Å²) in [7, 11) is 2.56. The van der Waals surface area contributed by atoms with Crippen LogP contribution in [-0.4, -0.2) is 49.0 Å². The van der Waals surface area contributed by atoms with E-state index in [9.17, 15) is 9.59 Å². The fraction of sp³-hybridized carbons (Fsp3) is 0.500. The zero-order valence-corrected chi connectivity index (χ0v) is 15.0. The highest BCUT2D eigenvalue weighted by Gasteiger charge is 2.44. The number of hydrogen-bond donors (Lipinski definition) is 0. The summed E-state index contributed by atoms with van der Waals surface area (Å²) in [6.45, 7) is 0.174. The second-order valence-corrected chi connectivity index (χ2v) is 8.07. The van der Waals surface area contributed by atoms with E-state index in [0.717, 1.165) is 17.1 Å². The summed E-state index contributed by atoms with van der Waals surface area (Å²) < 4.78 is 20.6. The van der Waals surface area contributed by atoms with Gasteiger partial charge in [-0.15, -0.1) is 23.5 Å². The molecule has 1 atom stereocenters. The van der Waals surface area contributed by atoms with Gasteiger partial charge in [-0.05, 0) is 17.7 Å². The van der Waals surface area contributed by atoms with Crippen LogP contribution in [0.1, 0.15) is 11.5 Å². The Morgan fingerprint density at radius 2 is 1.71 bits per heavy atom. The second kappa shape index (κ2) is 7.57. The lowest BCUT2D eigenvalue weighted by atomic mass is 9.87. The van der Waals surface area contributed by atoms with Gasteiger partial charge in [-0.1, -0.05) is 6.07 Å². The van der Waals surface area contributed by atoms with Gasteiger partial charge in [0.15, 0.2) is 17.4 Å². The molecule has 1 fully saturated rings. The summed E-state index contributed by atoms with van der Waals surface area (Å²) in [5.41, 5.74) is 0.840. The highest BCUT2D eigenvalue weighted by Crippen LogP contribution is 2.47. The summed E-state index contributed by atoms with van der Waals surface area (Å²) >= 11 is 3.48. The van der Waals surface area contributed by atoms with Gasteiger partial charge in [0.1, 0.15) is 0 Å². The molecule has 130 valence electrons. The first-order valence-electron chi connectivity index (χ1n) is 7.44. The van der Waals surface area contributed by atoms with Crippen molar-refractivity contribution >= 4 is 35.5 Å². The smallest absolute Gasteiger partial charge is 0.320 e. The number of ether oxygens (including phenoxy) is 4. The maximum atomic E-state index is 12.3. The normalized spacial score (nSPS) is 17.8. The number of hydrogen-bond acceptors (Lipinski definition) is 8. The number of esters is 2. The van der Waals surface area contributed by atoms with Crippen LogP contribution < -0.4 is 9.47 Å². The van der Waals surface area contributed by atoms with Crippen LogP contribution in [0.5, 0.6) is 11.5 Å². The van der Waals surface area contributed by atoms with E-state index in [4.69, 9.17) is 18.9 Å². The van der Waals surface area contributed by atoms with Gasteiger partial charge in [0.2, 0.25) is 6.79 Å². The molecular weight excluding hydrogens is 352 g/mol. The largest absolute Gasteiger partial charge is 0.468 e. The lowest BCUT2D eigenvalue weighted by Gasteiger charge is -2.28. The number of methoxy groups -OCH3 is 2. The van der Waals surface area contributed by atoms with Crippen LogP contribution in [0.4, 0.5) is 0 Å². The van der Waals surface area contributed by atoms with Crippen molar-refractivity contribution in [3.63, 3.8) is 0 Å². The molecule has 0 aliphatic carbocycles. The molecule has 1 aromatic carbocycles. The van der Waals surface area contributed by atoms with Crippen LogP contribution in [0.25, 0.3) is 0 Å². The number of rotatable bonds is 5. The molecule has 2 heterocycles. The molecule has 24 heavy (non-hydrogen) atoms. The van der Waals surface area contributed by atoms with E-state index >= 15 is 0 Å². The van der Waals surface area contributed by atoms with Crippen molar-refractivity contribution in [3.8, 4) is 11.5 Å². The third kappa shape index (κ3) is 3.30. The maximum absolute atomic E-state index is 12.3. The third-order valence-electron chi connectivity index (χ3n) is 3.99. The summed E-state index contributed by atoms with van der Waals surface area (Å²) in [6, 6.07) is 5.52. The van der Waals surface area contributed by atoms with Crippen LogP contribution in [0, 0.1) is 5.92 Å². The van der Waals surface area contributed by atoms with E-state index in [1.165, 1.54) is 14.2 Å². The third-order valence-corrected chi connectivity index (χ3v) is 7.19. The number of thioether (sulfide) groups is 2. The molecule has 6 nitrogen and oxygen atoms in total. The minimum Gasteiger partial charge on any atom is -0.468 e. The number of carbonyl (C=O) groups is 2. The minimum absolute atomic E-state index is 0.0635. The summed E-state index contributed by atoms with van der Waals surface area (Å²) in [5.74, 6) is 0.697. The Hall–Kier alpha value is -1.54. The predicted octanol–water partition coefficient (Wildman–Crippen LogP) is 2.27. The van der Waals surface area contributed by atoms with Crippen molar-refractivity contribution in [3.05, 3.63) is 23.8 Å². The second-order valence-electron chi connectivity index (χ2n) is 5.27. The van der Waals surface area contributed by atoms with Gasteiger partial charge in [0.05, 0.1) is 18.8 Å². The van der Waals surface area contributed by atoms with Crippen molar-refractivity contribution in [2.45, 2.75) is 10.5 Å². The molecule has 0 aromatic heterocycles. The van der Waals surface area contributed by atoms with E-state index in [1.54, 1.807) is 29.6 Å².